The minimum atomic E-state index is -3.33. The van der Waals surface area contributed by atoms with Crippen molar-refractivity contribution < 1.29 is 22.3 Å². The van der Waals surface area contributed by atoms with Gasteiger partial charge in [-0.05, 0) is 19.3 Å². The van der Waals surface area contributed by atoms with Crippen molar-refractivity contribution in [3.05, 3.63) is 0 Å². The summed E-state index contributed by atoms with van der Waals surface area (Å²) in [5, 5.41) is 10.4. The van der Waals surface area contributed by atoms with Crippen LogP contribution in [-0.2, 0) is 10.0 Å². The highest BCUT2D eigenvalue weighted by Crippen LogP contribution is 2.33. The van der Waals surface area contributed by atoms with Crippen LogP contribution in [0.4, 0.5) is 8.78 Å². The summed E-state index contributed by atoms with van der Waals surface area (Å²) < 4.78 is 53.0. The molecule has 0 amide bonds. The first-order chi connectivity index (χ1) is 10.7. The van der Waals surface area contributed by atoms with Crippen molar-refractivity contribution >= 4 is 10.0 Å². The van der Waals surface area contributed by atoms with Crippen LogP contribution in [0.25, 0.3) is 0 Å². The second kappa shape index (κ2) is 6.20. The molecule has 1 aliphatic carbocycles. The van der Waals surface area contributed by atoms with E-state index in [2.05, 4.69) is 0 Å². The van der Waals surface area contributed by atoms with E-state index in [1.165, 1.54) is 4.31 Å². The molecular weight excluding hydrogens is 326 g/mol. The second-order valence-electron chi connectivity index (χ2n) is 7.39. The van der Waals surface area contributed by atoms with Crippen molar-refractivity contribution in [3.63, 3.8) is 0 Å². The molecule has 1 N–H and O–H groups in total. The minimum absolute atomic E-state index is 0.0960. The van der Waals surface area contributed by atoms with Crippen LogP contribution in [-0.4, -0.2) is 72.2 Å². The third-order valence-corrected chi connectivity index (χ3v) is 7.83. The number of piperidine rings is 1. The van der Waals surface area contributed by atoms with Crippen molar-refractivity contribution in [1.29, 1.82) is 0 Å². The Morgan fingerprint density at radius 2 is 1.65 bits per heavy atom. The molecule has 134 valence electrons. The Balaban J connectivity index is 1.58. The van der Waals surface area contributed by atoms with Crippen LogP contribution in [0.15, 0.2) is 0 Å². The van der Waals surface area contributed by atoms with Crippen LogP contribution >= 0.6 is 0 Å². The fraction of sp³-hybridized carbons (Fsp3) is 1.00. The third-order valence-electron chi connectivity index (χ3n) is 5.49. The summed E-state index contributed by atoms with van der Waals surface area (Å²) in [7, 11) is -3.33. The van der Waals surface area contributed by atoms with E-state index in [0.717, 1.165) is 12.8 Å². The molecule has 2 aliphatic heterocycles. The van der Waals surface area contributed by atoms with Gasteiger partial charge in [0.25, 0.3) is 5.92 Å². The molecule has 0 aromatic rings. The van der Waals surface area contributed by atoms with Gasteiger partial charge in [-0.3, -0.25) is 4.90 Å². The van der Waals surface area contributed by atoms with Crippen molar-refractivity contribution in [3.8, 4) is 0 Å². The summed E-state index contributed by atoms with van der Waals surface area (Å²) in [6, 6.07) is 0. The summed E-state index contributed by atoms with van der Waals surface area (Å²) in [6.45, 7) is 1.22. The molecule has 0 spiro atoms. The van der Waals surface area contributed by atoms with Crippen molar-refractivity contribution in [1.82, 2.24) is 9.21 Å². The molecule has 3 aliphatic rings. The Labute approximate surface area is 136 Å². The summed E-state index contributed by atoms with van der Waals surface area (Å²) >= 11 is 0. The predicted octanol–water partition coefficient (Wildman–Crippen LogP) is 1.43. The summed E-state index contributed by atoms with van der Waals surface area (Å²) in [5.74, 6) is -2.60. The molecule has 3 rings (SSSR count). The number of nitrogens with zero attached hydrogens (tertiary/aromatic N) is 2. The smallest absolute Gasteiger partial charge is 0.250 e. The Morgan fingerprint density at radius 3 is 2.26 bits per heavy atom. The van der Waals surface area contributed by atoms with Crippen LogP contribution < -0.4 is 0 Å². The lowest BCUT2D eigenvalue weighted by Gasteiger charge is -2.36. The fourth-order valence-electron chi connectivity index (χ4n) is 4.02. The first kappa shape index (κ1) is 17.5. The predicted molar refractivity (Wildman–Crippen MR) is 82.9 cm³/mol. The molecule has 0 aromatic heterocycles. The lowest BCUT2D eigenvalue weighted by Crippen LogP contribution is -2.50. The maximum Gasteiger partial charge on any atom is 0.250 e. The van der Waals surface area contributed by atoms with Gasteiger partial charge in [-0.2, -0.15) is 4.31 Å². The van der Waals surface area contributed by atoms with E-state index in [1.807, 2.05) is 4.90 Å². The molecule has 3 fully saturated rings. The first-order valence-corrected chi connectivity index (χ1v) is 10.0. The van der Waals surface area contributed by atoms with Crippen molar-refractivity contribution in [2.24, 2.45) is 0 Å². The number of halogens is 2. The number of hydrogen-bond donors (Lipinski definition) is 1. The van der Waals surface area contributed by atoms with Gasteiger partial charge in [0.05, 0.1) is 10.9 Å². The number of aliphatic hydroxyl groups is 1. The molecule has 0 unspecified atom stereocenters. The van der Waals surface area contributed by atoms with Gasteiger partial charge < -0.3 is 5.11 Å². The number of rotatable bonds is 4. The lowest BCUT2D eigenvalue weighted by molar-refractivity contribution is -0.0716. The zero-order valence-corrected chi connectivity index (χ0v) is 14.2. The number of hydrogen-bond acceptors (Lipinski definition) is 4. The quantitative estimate of drug-likeness (QED) is 0.831. The van der Waals surface area contributed by atoms with Crippen molar-refractivity contribution in [2.45, 2.75) is 61.7 Å². The highest BCUT2D eigenvalue weighted by molar-refractivity contribution is 7.89. The molecule has 2 saturated heterocycles. The Bertz CT molecular complexity index is 527. The highest BCUT2D eigenvalue weighted by Gasteiger charge is 2.46. The second-order valence-corrected chi connectivity index (χ2v) is 9.60. The van der Waals surface area contributed by atoms with Gasteiger partial charge in [-0.15, -0.1) is 0 Å². The molecule has 2 heterocycles. The zero-order valence-electron chi connectivity index (χ0n) is 13.4. The number of likely N-dealkylation sites (tertiary alicyclic amines) is 1. The number of sulfonamides is 1. The van der Waals surface area contributed by atoms with Gasteiger partial charge in [0.1, 0.15) is 0 Å². The molecule has 0 radical (unpaired) electrons. The fourth-order valence-corrected chi connectivity index (χ4v) is 6.13. The highest BCUT2D eigenvalue weighted by atomic mass is 32.2. The molecular formula is C15H26F2N2O3S. The van der Waals surface area contributed by atoms with Gasteiger partial charge in [0, 0.05) is 45.6 Å². The van der Waals surface area contributed by atoms with Gasteiger partial charge >= 0.3 is 0 Å². The molecule has 5 nitrogen and oxygen atoms in total. The average molecular weight is 352 g/mol. The number of β-amino-alcohol motifs (C(OH)–C–C–N with tert-alkyl or cyclic N) is 1. The lowest BCUT2D eigenvalue weighted by atomic mass is 10.00. The Morgan fingerprint density at radius 1 is 1.04 bits per heavy atom. The van der Waals surface area contributed by atoms with Gasteiger partial charge in [-0.1, -0.05) is 12.8 Å². The van der Waals surface area contributed by atoms with E-state index < -0.39 is 21.5 Å². The minimum Gasteiger partial charge on any atom is -0.387 e. The van der Waals surface area contributed by atoms with E-state index in [1.54, 1.807) is 0 Å². The SMILES string of the molecule is O=S(=O)(C1CCCC1)N1CC[C@@](O)(CN2CCC(F)(F)CC2)C1. The van der Waals surface area contributed by atoms with E-state index in [-0.39, 0.29) is 44.3 Å². The normalized spacial score (nSPS) is 34.2. The van der Waals surface area contributed by atoms with Gasteiger partial charge in [0.2, 0.25) is 10.0 Å². The maximum atomic E-state index is 13.2. The van der Waals surface area contributed by atoms with Crippen LogP contribution in [0.1, 0.15) is 44.9 Å². The summed E-state index contributed by atoms with van der Waals surface area (Å²) in [6.07, 6.45) is 3.32. The van der Waals surface area contributed by atoms with Crippen LogP contribution in [0.5, 0.6) is 0 Å². The van der Waals surface area contributed by atoms with Gasteiger partial charge in [-0.25, -0.2) is 17.2 Å². The van der Waals surface area contributed by atoms with Crippen LogP contribution in [0.2, 0.25) is 0 Å². The topological polar surface area (TPSA) is 60.9 Å². The third kappa shape index (κ3) is 3.86. The van der Waals surface area contributed by atoms with E-state index in [4.69, 9.17) is 0 Å². The molecule has 0 aromatic carbocycles. The maximum absolute atomic E-state index is 13.2. The summed E-state index contributed by atoms with van der Waals surface area (Å²) in [5.41, 5.74) is -1.11. The van der Waals surface area contributed by atoms with E-state index >= 15 is 0 Å². The summed E-state index contributed by atoms with van der Waals surface area (Å²) in [4.78, 5) is 1.84. The van der Waals surface area contributed by atoms with Crippen LogP contribution in [0, 0.1) is 0 Å². The Kier molecular flexibility index (Phi) is 4.72. The van der Waals surface area contributed by atoms with E-state index in [0.29, 0.717) is 25.8 Å². The standard InChI is InChI=1S/C15H26F2N2O3S/c16-15(17)6-8-18(9-7-15)11-14(20)5-10-19(12-14)23(21,22)13-3-1-2-4-13/h13,20H,1-12H2/t14-/m1/s1. The molecule has 8 heteroatoms. The van der Waals surface area contributed by atoms with Crippen LogP contribution in [0.3, 0.4) is 0 Å². The monoisotopic (exact) mass is 352 g/mol. The molecule has 1 atom stereocenters. The number of alkyl halides is 2. The molecule has 1 saturated carbocycles. The van der Waals surface area contributed by atoms with Crippen molar-refractivity contribution in [2.75, 3.05) is 32.7 Å². The Hall–Kier alpha value is -0.310. The van der Waals surface area contributed by atoms with Gasteiger partial charge in [0.15, 0.2) is 0 Å². The zero-order chi connectivity index (χ0) is 16.7. The first-order valence-electron chi connectivity index (χ1n) is 8.52. The molecule has 0 bridgehead atoms. The average Bonchev–Trinajstić information content (AvgIpc) is 3.12. The largest absolute Gasteiger partial charge is 0.387 e. The molecule has 23 heavy (non-hydrogen) atoms. The van der Waals surface area contributed by atoms with E-state index in [9.17, 15) is 22.3 Å².